The van der Waals surface area contributed by atoms with Crippen LogP contribution in [0, 0.1) is 0 Å². The summed E-state index contributed by atoms with van der Waals surface area (Å²) < 4.78 is 32.0. The van der Waals surface area contributed by atoms with Crippen molar-refractivity contribution in [3.63, 3.8) is 0 Å². The molecule has 1 amide bonds. The molecular formula is C18H22N2O6S. The first-order chi connectivity index (χ1) is 12.8. The fraction of sp³-hybridized carbons (Fsp3) is 0.333. The molecule has 0 saturated carbocycles. The van der Waals surface area contributed by atoms with E-state index >= 15 is 0 Å². The number of hydrogen-bond acceptors (Lipinski definition) is 5. The molecule has 1 aromatic carbocycles. The van der Waals surface area contributed by atoms with Crippen molar-refractivity contribution in [1.82, 2.24) is 10.0 Å². The monoisotopic (exact) mass is 394 g/mol. The summed E-state index contributed by atoms with van der Waals surface area (Å²) in [7, 11) is -3.76. The minimum absolute atomic E-state index is 0.00799. The average molecular weight is 394 g/mol. The molecule has 0 aliphatic rings. The molecule has 8 nitrogen and oxygen atoms in total. The summed E-state index contributed by atoms with van der Waals surface area (Å²) in [6, 6.07) is 7.60. The fourth-order valence-electron chi connectivity index (χ4n) is 2.36. The molecule has 1 aromatic heterocycles. The fourth-order valence-corrected chi connectivity index (χ4v) is 3.35. The highest BCUT2D eigenvalue weighted by Gasteiger charge is 2.21. The highest BCUT2D eigenvalue weighted by molar-refractivity contribution is 7.89. The Morgan fingerprint density at radius 1 is 1.19 bits per heavy atom. The number of hydrogen-bond donors (Lipinski definition) is 3. The largest absolute Gasteiger partial charge is 0.480 e. The third kappa shape index (κ3) is 5.93. The number of amides is 1. The first kappa shape index (κ1) is 20.7. The van der Waals surface area contributed by atoms with Crippen molar-refractivity contribution < 1.29 is 27.5 Å². The van der Waals surface area contributed by atoms with E-state index in [9.17, 15) is 23.1 Å². The van der Waals surface area contributed by atoms with Crippen molar-refractivity contribution >= 4 is 21.9 Å². The summed E-state index contributed by atoms with van der Waals surface area (Å²) in [5, 5.41) is 11.6. The number of carbonyl (C=O) groups excluding carboxylic acids is 1. The van der Waals surface area contributed by atoms with Crippen LogP contribution in [0.2, 0.25) is 0 Å². The Morgan fingerprint density at radius 2 is 1.89 bits per heavy atom. The van der Waals surface area contributed by atoms with Crippen molar-refractivity contribution in [1.29, 1.82) is 0 Å². The molecule has 0 saturated heterocycles. The van der Waals surface area contributed by atoms with Crippen molar-refractivity contribution in [2.24, 2.45) is 0 Å². The quantitative estimate of drug-likeness (QED) is 0.567. The number of aliphatic carboxylic acids is 1. The van der Waals surface area contributed by atoms with E-state index < -0.39 is 27.9 Å². The number of carboxylic acid groups (broad SMARTS) is 1. The van der Waals surface area contributed by atoms with Gasteiger partial charge in [0.15, 0.2) is 0 Å². The maximum Gasteiger partial charge on any atom is 0.326 e. The molecule has 0 bridgehead atoms. The van der Waals surface area contributed by atoms with Crippen LogP contribution in [0.25, 0.3) is 0 Å². The van der Waals surface area contributed by atoms with Crippen LogP contribution in [0.15, 0.2) is 52.0 Å². The van der Waals surface area contributed by atoms with Crippen LogP contribution in [0.3, 0.4) is 0 Å². The van der Waals surface area contributed by atoms with Gasteiger partial charge in [-0.25, -0.2) is 17.9 Å². The lowest BCUT2D eigenvalue weighted by Crippen LogP contribution is -2.40. The second-order valence-corrected chi connectivity index (χ2v) is 7.70. The summed E-state index contributed by atoms with van der Waals surface area (Å²) in [5.74, 6) is -1.19. The van der Waals surface area contributed by atoms with Crippen molar-refractivity contribution in [3.8, 4) is 0 Å². The van der Waals surface area contributed by atoms with Crippen LogP contribution in [0.4, 0.5) is 0 Å². The van der Waals surface area contributed by atoms with Crippen molar-refractivity contribution in [3.05, 3.63) is 54.0 Å². The molecule has 0 spiro atoms. The van der Waals surface area contributed by atoms with E-state index in [0.717, 1.165) is 6.42 Å². The first-order valence-electron chi connectivity index (χ1n) is 8.49. The van der Waals surface area contributed by atoms with Crippen molar-refractivity contribution in [2.45, 2.75) is 43.7 Å². The molecule has 146 valence electrons. The van der Waals surface area contributed by atoms with Gasteiger partial charge in [-0.15, -0.1) is 0 Å². The second kappa shape index (κ2) is 9.33. The normalized spacial score (nSPS) is 12.5. The SMILES string of the molecule is CCCCC(NC(=O)c1ccc(S(=O)(=O)NCc2ccco2)cc1)C(=O)O. The first-order valence-corrected chi connectivity index (χ1v) is 9.97. The number of furan rings is 1. The van der Waals surface area contributed by atoms with Gasteiger partial charge < -0.3 is 14.8 Å². The number of nitrogens with one attached hydrogen (secondary N) is 2. The van der Waals surface area contributed by atoms with Gasteiger partial charge in [0.1, 0.15) is 11.8 Å². The van der Waals surface area contributed by atoms with Crippen molar-refractivity contribution in [2.75, 3.05) is 0 Å². The van der Waals surface area contributed by atoms with Gasteiger partial charge in [0, 0.05) is 5.56 Å². The highest BCUT2D eigenvalue weighted by atomic mass is 32.2. The van der Waals surface area contributed by atoms with E-state index in [1.165, 1.54) is 30.5 Å². The zero-order valence-corrected chi connectivity index (χ0v) is 15.7. The third-order valence-corrected chi connectivity index (χ3v) is 5.31. The predicted molar refractivity (Wildman–Crippen MR) is 97.6 cm³/mol. The molecule has 0 fully saturated rings. The van der Waals surface area contributed by atoms with E-state index in [1.54, 1.807) is 12.1 Å². The number of sulfonamides is 1. The maximum absolute atomic E-state index is 12.3. The maximum atomic E-state index is 12.3. The van der Waals surface area contributed by atoms with E-state index in [2.05, 4.69) is 10.0 Å². The Bertz CT molecular complexity index is 860. The molecule has 0 radical (unpaired) electrons. The molecule has 3 N–H and O–H groups in total. The molecule has 9 heteroatoms. The predicted octanol–water partition coefficient (Wildman–Crippen LogP) is 2.13. The molecule has 27 heavy (non-hydrogen) atoms. The van der Waals surface area contributed by atoms with E-state index in [4.69, 9.17) is 4.42 Å². The zero-order valence-electron chi connectivity index (χ0n) is 14.8. The molecule has 2 aromatic rings. The molecule has 0 aliphatic carbocycles. The molecule has 0 aliphatic heterocycles. The molecule has 1 atom stereocenters. The average Bonchev–Trinajstić information content (AvgIpc) is 3.17. The van der Waals surface area contributed by atoms with E-state index in [-0.39, 0.29) is 17.0 Å². The summed E-state index contributed by atoms with van der Waals surface area (Å²) >= 11 is 0. The summed E-state index contributed by atoms with van der Waals surface area (Å²) in [6.07, 6.45) is 3.27. The smallest absolute Gasteiger partial charge is 0.326 e. The molecule has 1 unspecified atom stereocenters. The highest BCUT2D eigenvalue weighted by Crippen LogP contribution is 2.12. The Labute approximate surface area is 157 Å². The van der Waals surface area contributed by atoms with E-state index in [1.807, 2.05) is 6.92 Å². The topological polar surface area (TPSA) is 126 Å². The van der Waals surface area contributed by atoms with Gasteiger partial charge in [0.25, 0.3) is 5.91 Å². The van der Waals surface area contributed by atoms with Crippen LogP contribution >= 0.6 is 0 Å². The van der Waals surface area contributed by atoms with Gasteiger partial charge >= 0.3 is 5.97 Å². The van der Waals surface area contributed by atoms with Crippen LogP contribution in [-0.2, 0) is 21.4 Å². The number of benzene rings is 1. The summed E-state index contributed by atoms with van der Waals surface area (Å²) in [4.78, 5) is 23.4. The Kier molecular flexibility index (Phi) is 7.14. The summed E-state index contributed by atoms with van der Waals surface area (Å²) in [5.41, 5.74) is 0.183. The van der Waals surface area contributed by atoms with Gasteiger partial charge in [-0.3, -0.25) is 4.79 Å². The van der Waals surface area contributed by atoms with Crippen LogP contribution in [-0.4, -0.2) is 31.4 Å². The standard InChI is InChI=1S/C18H22N2O6S/c1-2-3-6-16(18(22)23)20-17(21)13-7-9-15(10-8-13)27(24,25)19-12-14-5-4-11-26-14/h4-5,7-11,16,19H,2-3,6,12H2,1H3,(H,20,21)(H,22,23). The Balaban J connectivity index is 2.02. The van der Waals surface area contributed by atoms with Gasteiger partial charge in [0.05, 0.1) is 17.7 Å². The lowest BCUT2D eigenvalue weighted by atomic mass is 10.1. The van der Waals surface area contributed by atoms with Gasteiger partial charge in [-0.2, -0.15) is 0 Å². The summed E-state index contributed by atoms with van der Waals surface area (Å²) in [6.45, 7) is 1.94. The third-order valence-electron chi connectivity index (χ3n) is 3.89. The molecule has 2 rings (SSSR count). The minimum Gasteiger partial charge on any atom is -0.480 e. The lowest BCUT2D eigenvalue weighted by molar-refractivity contribution is -0.139. The zero-order chi connectivity index (χ0) is 19.9. The lowest BCUT2D eigenvalue weighted by Gasteiger charge is -2.14. The van der Waals surface area contributed by atoms with Gasteiger partial charge in [-0.1, -0.05) is 19.8 Å². The second-order valence-electron chi connectivity index (χ2n) is 5.93. The van der Waals surface area contributed by atoms with Crippen LogP contribution in [0.1, 0.15) is 42.3 Å². The van der Waals surface area contributed by atoms with Crippen LogP contribution in [0.5, 0.6) is 0 Å². The van der Waals surface area contributed by atoms with E-state index in [0.29, 0.717) is 18.6 Å². The minimum atomic E-state index is -3.76. The number of rotatable bonds is 10. The molecule has 1 heterocycles. The number of unbranched alkanes of at least 4 members (excludes halogenated alkanes) is 1. The molecular weight excluding hydrogens is 372 g/mol. The van der Waals surface area contributed by atoms with Gasteiger partial charge in [-0.05, 0) is 42.8 Å². The Morgan fingerprint density at radius 3 is 2.44 bits per heavy atom. The number of carbonyl (C=O) groups is 2. The van der Waals surface area contributed by atoms with Crippen LogP contribution < -0.4 is 10.0 Å². The van der Waals surface area contributed by atoms with Gasteiger partial charge in [0.2, 0.25) is 10.0 Å². The Hall–Kier alpha value is -2.65. The number of carboxylic acids is 1.